The summed E-state index contributed by atoms with van der Waals surface area (Å²) in [6.07, 6.45) is 6.86. The lowest BCUT2D eigenvalue weighted by Crippen LogP contribution is -2.60. The Morgan fingerprint density at radius 3 is 2.38 bits per heavy atom. The van der Waals surface area contributed by atoms with Gasteiger partial charge >= 0.3 is 0 Å². The molecule has 0 bridgehead atoms. The number of carbonyl (C=O) groups excluding carboxylic acids is 4. The van der Waals surface area contributed by atoms with E-state index in [-0.39, 0.29) is 35.8 Å². The predicted octanol–water partition coefficient (Wildman–Crippen LogP) is 4.48. The quantitative estimate of drug-likeness (QED) is 0.297. The molecule has 2 heterocycles. The van der Waals surface area contributed by atoms with Crippen LogP contribution in [0.2, 0.25) is 0 Å². The van der Waals surface area contributed by atoms with Crippen molar-refractivity contribution < 1.29 is 29.0 Å². The first-order valence-electron chi connectivity index (χ1n) is 13.3. The molecule has 4 fully saturated rings. The molecule has 39 heavy (non-hydrogen) atoms. The molecule has 6 unspecified atom stereocenters. The summed E-state index contributed by atoms with van der Waals surface area (Å²) in [5.41, 5.74) is 1.22. The predicted molar refractivity (Wildman–Crippen MR) is 147 cm³/mol. The van der Waals surface area contributed by atoms with E-state index in [9.17, 15) is 24.3 Å². The average molecular weight is 640 g/mol. The first-order valence-corrected chi connectivity index (χ1v) is 14.9. The van der Waals surface area contributed by atoms with Crippen molar-refractivity contribution in [2.75, 3.05) is 14.2 Å². The number of fused-ring (bicyclic) bond motifs is 4. The first-order chi connectivity index (χ1) is 18.5. The summed E-state index contributed by atoms with van der Waals surface area (Å²) in [7, 11) is 2.76. The number of aromatic hydroxyl groups is 1. The van der Waals surface area contributed by atoms with Crippen LogP contribution in [-0.2, 0) is 19.2 Å². The minimum absolute atomic E-state index is 0.0373. The van der Waals surface area contributed by atoms with Gasteiger partial charge < -0.3 is 9.84 Å². The number of allylic oxidation sites excluding steroid dienone is 2. The van der Waals surface area contributed by atoms with Crippen LogP contribution in [0.15, 0.2) is 28.3 Å². The van der Waals surface area contributed by atoms with Gasteiger partial charge in [-0.15, -0.1) is 23.2 Å². The van der Waals surface area contributed by atoms with E-state index >= 15 is 0 Å². The van der Waals surface area contributed by atoms with Gasteiger partial charge in [0.2, 0.25) is 11.8 Å². The lowest BCUT2D eigenvalue weighted by atomic mass is 9.56. The van der Waals surface area contributed by atoms with Crippen LogP contribution in [0.4, 0.5) is 0 Å². The van der Waals surface area contributed by atoms with Crippen LogP contribution >= 0.6 is 39.1 Å². The van der Waals surface area contributed by atoms with Crippen molar-refractivity contribution in [3.63, 3.8) is 0 Å². The van der Waals surface area contributed by atoms with Crippen molar-refractivity contribution >= 4 is 62.8 Å². The second kappa shape index (κ2) is 9.21. The summed E-state index contributed by atoms with van der Waals surface area (Å²) >= 11 is 17.8. The zero-order chi connectivity index (χ0) is 28.0. The normalized spacial score (nSPS) is 36.6. The van der Waals surface area contributed by atoms with Gasteiger partial charge in [0.1, 0.15) is 0 Å². The van der Waals surface area contributed by atoms with Gasteiger partial charge in [-0.05, 0) is 65.2 Å². The van der Waals surface area contributed by atoms with Gasteiger partial charge in [-0.3, -0.25) is 29.0 Å². The summed E-state index contributed by atoms with van der Waals surface area (Å²) in [6.45, 7) is 0. The summed E-state index contributed by atoms with van der Waals surface area (Å²) in [4.78, 5) is 53.6. The van der Waals surface area contributed by atoms with Gasteiger partial charge in [0.05, 0.1) is 23.4 Å². The minimum Gasteiger partial charge on any atom is -0.503 e. The van der Waals surface area contributed by atoms with Crippen molar-refractivity contribution in [3.8, 4) is 11.5 Å². The number of rotatable bonds is 3. The third-order valence-electron chi connectivity index (χ3n) is 9.59. The Balaban J connectivity index is 1.51. The van der Waals surface area contributed by atoms with Crippen LogP contribution < -0.4 is 4.74 Å². The molecule has 1 N–H and O–H groups in total. The number of likely N-dealkylation sites (tertiary alicyclic amines) is 2. The number of nitrogens with zero attached hydrogens (tertiary/aromatic N) is 2. The van der Waals surface area contributed by atoms with E-state index in [1.54, 1.807) is 12.1 Å². The number of phenolic OH excluding ortho intramolecular Hbond substituents is 1. The van der Waals surface area contributed by atoms with Gasteiger partial charge in [-0.1, -0.05) is 30.9 Å². The van der Waals surface area contributed by atoms with Crippen LogP contribution in [-0.4, -0.2) is 68.5 Å². The Morgan fingerprint density at radius 2 is 1.72 bits per heavy atom. The topological polar surface area (TPSA) is 104 Å². The Labute approximate surface area is 244 Å². The van der Waals surface area contributed by atoms with Gasteiger partial charge in [-0.25, -0.2) is 0 Å². The number of hydrogen-bond donors (Lipinski definition) is 1. The fourth-order valence-electron chi connectivity index (χ4n) is 7.76. The Kier molecular flexibility index (Phi) is 6.40. The number of methoxy groups -OCH3 is 1. The molecule has 1 aromatic carbocycles. The maximum Gasteiger partial charge on any atom is 0.253 e. The fourth-order valence-corrected chi connectivity index (χ4v) is 9.24. The molecule has 5 aliphatic rings. The summed E-state index contributed by atoms with van der Waals surface area (Å²) in [5, 5.41) is 10.5. The molecule has 6 atom stereocenters. The average Bonchev–Trinajstić information content (AvgIpc) is 3.25. The third-order valence-corrected chi connectivity index (χ3v) is 11.6. The lowest BCUT2D eigenvalue weighted by Gasteiger charge is -2.50. The molecule has 1 aromatic rings. The van der Waals surface area contributed by atoms with E-state index in [0.717, 1.165) is 37.0 Å². The molecule has 8 nitrogen and oxygen atoms in total. The van der Waals surface area contributed by atoms with Crippen LogP contribution in [0, 0.1) is 17.8 Å². The van der Waals surface area contributed by atoms with Gasteiger partial charge in [0.25, 0.3) is 11.8 Å². The SMILES string of the molecule is COc1cc(C2C3=CCC4C(=O)N(C5CCCCC5)C(=O)C4C3CC3(Cl)C(=O)N(C)C(=O)C23Cl)cc(Br)c1O. The maximum absolute atomic E-state index is 14.0. The number of carbonyl (C=O) groups is 4. The zero-order valence-electron chi connectivity index (χ0n) is 21.6. The molecule has 0 radical (unpaired) electrons. The van der Waals surface area contributed by atoms with E-state index in [2.05, 4.69) is 15.9 Å². The highest BCUT2D eigenvalue weighted by atomic mass is 79.9. The van der Waals surface area contributed by atoms with E-state index in [1.165, 1.54) is 19.1 Å². The molecular formula is C28H29BrCl2N2O6. The van der Waals surface area contributed by atoms with Crippen molar-refractivity contribution in [1.82, 2.24) is 9.80 Å². The molecule has 2 saturated heterocycles. The van der Waals surface area contributed by atoms with Crippen molar-refractivity contribution in [3.05, 3.63) is 33.8 Å². The van der Waals surface area contributed by atoms with Crippen LogP contribution in [0.1, 0.15) is 56.4 Å². The molecule has 0 aromatic heterocycles. The highest BCUT2D eigenvalue weighted by molar-refractivity contribution is 9.10. The number of amides is 4. The number of ether oxygens (including phenoxy) is 1. The molecule has 0 spiro atoms. The third kappa shape index (κ3) is 3.48. The monoisotopic (exact) mass is 638 g/mol. The van der Waals surface area contributed by atoms with Crippen LogP contribution in [0.5, 0.6) is 11.5 Å². The molecule has 4 amide bonds. The molecule has 2 saturated carbocycles. The second-order valence-corrected chi connectivity index (χ2v) is 13.5. The number of benzene rings is 1. The Bertz CT molecular complexity index is 1350. The van der Waals surface area contributed by atoms with Gasteiger partial charge in [-0.2, -0.15) is 0 Å². The summed E-state index contributed by atoms with van der Waals surface area (Å²) in [6, 6.07) is 3.10. The molecule has 6 rings (SSSR count). The minimum atomic E-state index is -1.88. The second-order valence-electron chi connectivity index (χ2n) is 11.4. The molecule has 208 valence electrons. The largest absolute Gasteiger partial charge is 0.503 e. The first kappa shape index (κ1) is 27.1. The standard InChI is InChI=1S/C28H29BrCl2N2O6/c1-32-25(37)27(30)12-17-15(8-9-16-20(17)24(36)33(23(16)35)14-6-4-3-5-7-14)21(28(27,31)26(32)38)13-10-18(29)22(34)19(11-13)39-2/h8,10-11,14,16-17,20-21,34H,3-7,9,12H2,1-2H3. The van der Waals surface area contributed by atoms with E-state index in [4.69, 9.17) is 27.9 Å². The zero-order valence-corrected chi connectivity index (χ0v) is 24.7. The number of imide groups is 2. The maximum atomic E-state index is 14.0. The lowest BCUT2D eigenvalue weighted by molar-refractivity contribution is -0.144. The van der Waals surface area contributed by atoms with Gasteiger partial charge in [0, 0.05) is 19.0 Å². The van der Waals surface area contributed by atoms with E-state index in [0.29, 0.717) is 22.0 Å². The molecule has 11 heteroatoms. The fraction of sp³-hybridized carbons (Fsp3) is 0.571. The number of alkyl halides is 2. The number of hydrogen-bond acceptors (Lipinski definition) is 6. The molecule has 2 aliphatic heterocycles. The summed E-state index contributed by atoms with van der Waals surface area (Å²) in [5.74, 6) is -4.30. The highest BCUT2D eigenvalue weighted by Gasteiger charge is 2.76. The van der Waals surface area contributed by atoms with E-state index < -0.39 is 45.2 Å². The Hall–Kier alpha value is -2.10. The highest BCUT2D eigenvalue weighted by Crippen LogP contribution is 2.65. The van der Waals surface area contributed by atoms with Crippen molar-refractivity contribution in [2.45, 2.75) is 66.7 Å². The van der Waals surface area contributed by atoms with Crippen molar-refractivity contribution in [1.29, 1.82) is 0 Å². The number of halogens is 3. The van der Waals surface area contributed by atoms with Crippen molar-refractivity contribution in [2.24, 2.45) is 17.8 Å². The van der Waals surface area contributed by atoms with Gasteiger partial charge in [0.15, 0.2) is 21.2 Å². The van der Waals surface area contributed by atoms with Crippen LogP contribution in [0.25, 0.3) is 0 Å². The molecular weight excluding hydrogens is 611 g/mol. The number of phenols is 1. The van der Waals surface area contributed by atoms with Crippen LogP contribution in [0.3, 0.4) is 0 Å². The summed E-state index contributed by atoms with van der Waals surface area (Å²) < 4.78 is 5.68. The Morgan fingerprint density at radius 1 is 1.03 bits per heavy atom. The van der Waals surface area contributed by atoms with E-state index in [1.807, 2.05) is 6.08 Å². The molecule has 3 aliphatic carbocycles. The smallest absolute Gasteiger partial charge is 0.253 e.